The normalized spacial score (nSPS) is 10.9. The van der Waals surface area contributed by atoms with Crippen molar-refractivity contribution in [1.29, 1.82) is 0 Å². The lowest BCUT2D eigenvalue weighted by molar-refractivity contribution is 0.281. The molecule has 0 amide bonds. The van der Waals surface area contributed by atoms with Crippen molar-refractivity contribution in [3.8, 4) is 5.75 Å². The van der Waals surface area contributed by atoms with Gasteiger partial charge in [-0.2, -0.15) is 0 Å². The fourth-order valence-electron chi connectivity index (χ4n) is 2.89. The second kappa shape index (κ2) is 10.1. The van der Waals surface area contributed by atoms with Gasteiger partial charge in [0.15, 0.2) is 0 Å². The Labute approximate surface area is 184 Å². The average molecular weight is 504 g/mol. The predicted molar refractivity (Wildman–Crippen MR) is 125 cm³/mol. The summed E-state index contributed by atoms with van der Waals surface area (Å²) in [5.41, 5.74) is 3.29. The van der Waals surface area contributed by atoms with E-state index in [0.29, 0.717) is 0 Å². The zero-order valence-corrected chi connectivity index (χ0v) is 19.3. The summed E-state index contributed by atoms with van der Waals surface area (Å²) >= 11 is 7.04. The molecule has 0 aliphatic carbocycles. The number of ether oxygens (including phenoxy) is 1. The molecule has 0 N–H and O–H groups in total. The van der Waals surface area contributed by atoms with Crippen LogP contribution in [0.3, 0.4) is 0 Å². The quantitative estimate of drug-likeness (QED) is 0.307. The zero-order chi connectivity index (χ0) is 19.9. The van der Waals surface area contributed by atoms with Crippen LogP contribution < -0.4 is 9.64 Å². The van der Waals surface area contributed by atoms with Crippen LogP contribution in [0, 0.1) is 0 Å². The van der Waals surface area contributed by atoms with Crippen molar-refractivity contribution in [2.24, 2.45) is 0 Å². The molecule has 0 aliphatic rings. The van der Waals surface area contributed by atoms with Crippen molar-refractivity contribution >= 4 is 48.9 Å². The van der Waals surface area contributed by atoms with Gasteiger partial charge in [-0.25, -0.2) is 0 Å². The molecule has 0 heterocycles. The van der Waals surface area contributed by atoms with Gasteiger partial charge < -0.3 is 14.5 Å². The van der Waals surface area contributed by atoms with E-state index < -0.39 is 0 Å². The summed E-state index contributed by atoms with van der Waals surface area (Å²) in [5, 5.41) is 0. The molecule has 0 spiro atoms. The molecule has 0 unspecified atom stereocenters. The van der Waals surface area contributed by atoms with Crippen LogP contribution >= 0.6 is 31.9 Å². The number of hydrogen-bond acceptors (Lipinski definition) is 3. The highest BCUT2D eigenvalue weighted by Crippen LogP contribution is 2.36. The summed E-state index contributed by atoms with van der Waals surface area (Å²) in [6.07, 6.45) is 1.01. The van der Waals surface area contributed by atoms with Crippen molar-refractivity contribution < 1.29 is 4.74 Å². The van der Waals surface area contributed by atoms with Gasteiger partial charge >= 0.3 is 0 Å². The van der Waals surface area contributed by atoms with E-state index in [1.54, 1.807) is 0 Å². The standard InChI is InChI=1S/C23H24Br2N2O/c1-26(2)16-3-17-28-23-14-12-22(13-15-23)27(20-8-4-18(24)5-9-20)21-10-6-19(25)7-11-21/h4-15H,3,16-17H2,1-2H3. The summed E-state index contributed by atoms with van der Waals surface area (Å²) < 4.78 is 8.00. The molecule has 0 aliphatic heterocycles. The number of benzene rings is 3. The summed E-state index contributed by atoms with van der Waals surface area (Å²) in [5.74, 6) is 0.897. The summed E-state index contributed by atoms with van der Waals surface area (Å²) in [6.45, 7) is 1.75. The minimum atomic E-state index is 0.723. The molecule has 3 rings (SSSR count). The van der Waals surface area contributed by atoms with Crippen LogP contribution in [0.5, 0.6) is 5.75 Å². The molecule has 0 saturated heterocycles. The van der Waals surface area contributed by atoms with Crippen molar-refractivity contribution in [3.05, 3.63) is 81.7 Å². The molecular formula is C23H24Br2N2O. The van der Waals surface area contributed by atoms with E-state index in [-0.39, 0.29) is 0 Å². The molecule has 3 aromatic rings. The number of hydrogen-bond donors (Lipinski definition) is 0. The van der Waals surface area contributed by atoms with Gasteiger partial charge in [0, 0.05) is 32.6 Å². The van der Waals surface area contributed by atoms with Crippen LogP contribution in [0.1, 0.15) is 6.42 Å². The van der Waals surface area contributed by atoms with Crippen LogP contribution in [0.25, 0.3) is 0 Å². The van der Waals surface area contributed by atoms with Gasteiger partial charge in [0.05, 0.1) is 6.61 Å². The highest BCUT2D eigenvalue weighted by Gasteiger charge is 2.12. The Balaban J connectivity index is 1.82. The molecule has 28 heavy (non-hydrogen) atoms. The maximum absolute atomic E-state index is 5.88. The summed E-state index contributed by atoms with van der Waals surface area (Å²) in [6, 6.07) is 25.0. The minimum Gasteiger partial charge on any atom is -0.494 e. The lowest BCUT2D eigenvalue weighted by atomic mass is 10.2. The maximum Gasteiger partial charge on any atom is 0.119 e. The second-order valence-corrected chi connectivity index (χ2v) is 8.62. The molecule has 0 fully saturated rings. The van der Waals surface area contributed by atoms with Gasteiger partial charge in [0.2, 0.25) is 0 Å². The lowest BCUT2D eigenvalue weighted by Crippen LogP contribution is -2.15. The number of anilines is 3. The van der Waals surface area contributed by atoms with Crippen LogP contribution in [-0.2, 0) is 0 Å². The van der Waals surface area contributed by atoms with E-state index >= 15 is 0 Å². The SMILES string of the molecule is CN(C)CCCOc1ccc(N(c2ccc(Br)cc2)c2ccc(Br)cc2)cc1. The van der Waals surface area contributed by atoms with E-state index in [2.05, 4.69) is 116 Å². The molecule has 3 aromatic carbocycles. The minimum absolute atomic E-state index is 0.723. The first kappa shape index (κ1) is 20.9. The molecule has 0 saturated carbocycles. The highest BCUT2D eigenvalue weighted by atomic mass is 79.9. The fourth-order valence-corrected chi connectivity index (χ4v) is 3.42. The van der Waals surface area contributed by atoms with Gasteiger partial charge in [0.1, 0.15) is 5.75 Å². The first-order valence-electron chi connectivity index (χ1n) is 9.22. The number of nitrogens with zero attached hydrogens (tertiary/aromatic N) is 2. The van der Waals surface area contributed by atoms with Crippen LogP contribution in [0.2, 0.25) is 0 Å². The van der Waals surface area contributed by atoms with E-state index in [0.717, 1.165) is 51.3 Å². The molecular weight excluding hydrogens is 480 g/mol. The fraction of sp³-hybridized carbons (Fsp3) is 0.217. The van der Waals surface area contributed by atoms with E-state index in [4.69, 9.17) is 4.74 Å². The number of rotatable bonds is 8. The van der Waals surface area contributed by atoms with Crippen molar-refractivity contribution in [1.82, 2.24) is 4.90 Å². The molecule has 146 valence electrons. The Hall–Kier alpha value is -1.82. The maximum atomic E-state index is 5.88. The monoisotopic (exact) mass is 502 g/mol. The van der Waals surface area contributed by atoms with Gasteiger partial charge in [-0.15, -0.1) is 0 Å². The highest BCUT2D eigenvalue weighted by molar-refractivity contribution is 9.10. The first-order valence-corrected chi connectivity index (χ1v) is 10.8. The Bertz CT molecular complexity index is 817. The predicted octanol–water partition coefficient (Wildman–Crippen LogP) is 7.01. The van der Waals surface area contributed by atoms with Gasteiger partial charge in [0.25, 0.3) is 0 Å². The Morgan fingerprint density at radius 3 is 1.54 bits per heavy atom. The van der Waals surface area contributed by atoms with Crippen LogP contribution in [0.15, 0.2) is 81.7 Å². The van der Waals surface area contributed by atoms with Gasteiger partial charge in [-0.05, 0) is 93.3 Å². The largest absolute Gasteiger partial charge is 0.494 e. The second-order valence-electron chi connectivity index (χ2n) is 6.79. The first-order chi connectivity index (χ1) is 13.5. The molecule has 0 bridgehead atoms. The lowest BCUT2D eigenvalue weighted by Gasteiger charge is -2.25. The van der Waals surface area contributed by atoms with Crippen LogP contribution in [-0.4, -0.2) is 32.1 Å². The Morgan fingerprint density at radius 2 is 1.11 bits per heavy atom. The smallest absolute Gasteiger partial charge is 0.119 e. The van der Waals surface area contributed by atoms with Gasteiger partial charge in [-0.1, -0.05) is 31.9 Å². The van der Waals surface area contributed by atoms with Crippen molar-refractivity contribution in [2.75, 3.05) is 32.1 Å². The Kier molecular flexibility index (Phi) is 7.54. The summed E-state index contributed by atoms with van der Waals surface area (Å²) in [4.78, 5) is 4.40. The van der Waals surface area contributed by atoms with E-state index in [9.17, 15) is 0 Å². The number of halogens is 2. The third-order valence-electron chi connectivity index (χ3n) is 4.28. The van der Waals surface area contributed by atoms with E-state index in [1.807, 2.05) is 12.1 Å². The van der Waals surface area contributed by atoms with Crippen molar-refractivity contribution in [3.63, 3.8) is 0 Å². The molecule has 0 radical (unpaired) electrons. The molecule has 0 aromatic heterocycles. The summed E-state index contributed by atoms with van der Waals surface area (Å²) in [7, 11) is 4.15. The van der Waals surface area contributed by atoms with Gasteiger partial charge in [-0.3, -0.25) is 0 Å². The molecule has 0 atom stereocenters. The Morgan fingerprint density at radius 1 is 0.679 bits per heavy atom. The molecule has 3 nitrogen and oxygen atoms in total. The van der Waals surface area contributed by atoms with Crippen molar-refractivity contribution in [2.45, 2.75) is 6.42 Å². The van der Waals surface area contributed by atoms with Crippen LogP contribution in [0.4, 0.5) is 17.1 Å². The molecule has 5 heteroatoms. The zero-order valence-electron chi connectivity index (χ0n) is 16.1. The topological polar surface area (TPSA) is 15.7 Å². The van der Waals surface area contributed by atoms with E-state index in [1.165, 1.54) is 0 Å². The third-order valence-corrected chi connectivity index (χ3v) is 5.34. The average Bonchev–Trinajstić information content (AvgIpc) is 2.69. The third kappa shape index (κ3) is 5.84.